The highest BCUT2D eigenvalue weighted by Crippen LogP contribution is 2.26. The van der Waals surface area contributed by atoms with E-state index in [0.29, 0.717) is 19.3 Å². The van der Waals surface area contributed by atoms with Crippen molar-refractivity contribution >= 4 is 21.6 Å². The van der Waals surface area contributed by atoms with Crippen molar-refractivity contribution < 1.29 is 22.0 Å². The van der Waals surface area contributed by atoms with Crippen molar-refractivity contribution in [2.24, 2.45) is 0 Å². The molecule has 1 aliphatic heterocycles. The van der Waals surface area contributed by atoms with Gasteiger partial charge in [-0.3, -0.25) is 4.79 Å². The summed E-state index contributed by atoms with van der Waals surface area (Å²) in [4.78, 5) is 12.6. The largest absolute Gasteiger partial charge is 0.325 e. The molecule has 138 valence electrons. The van der Waals surface area contributed by atoms with Gasteiger partial charge in [0.1, 0.15) is 17.7 Å². The summed E-state index contributed by atoms with van der Waals surface area (Å²) in [5.41, 5.74) is 0.264. The Labute approximate surface area is 150 Å². The molecule has 3 rings (SSSR count). The van der Waals surface area contributed by atoms with E-state index in [1.807, 2.05) is 0 Å². The number of carbonyl (C=O) groups excluding carboxylic acids is 1. The van der Waals surface area contributed by atoms with Gasteiger partial charge < -0.3 is 5.32 Å². The van der Waals surface area contributed by atoms with Crippen LogP contribution in [0.1, 0.15) is 19.3 Å². The van der Waals surface area contributed by atoms with Crippen molar-refractivity contribution in [2.75, 3.05) is 11.9 Å². The van der Waals surface area contributed by atoms with E-state index in [9.17, 15) is 22.0 Å². The van der Waals surface area contributed by atoms with E-state index in [4.69, 9.17) is 0 Å². The Bertz CT molecular complexity index is 901. The molecule has 0 bridgehead atoms. The van der Waals surface area contributed by atoms with Crippen LogP contribution in [0.15, 0.2) is 53.4 Å². The number of hydrogen-bond acceptors (Lipinski definition) is 3. The minimum Gasteiger partial charge on any atom is -0.325 e. The maximum Gasteiger partial charge on any atom is 0.243 e. The second-order valence-corrected chi connectivity index (χ2v) is 7.97. The molecule has 0 saturated carbocycles. The highest BCUT2D eigenvalue weighted by Gasteiger charge is 2.37. The molecule has 8 heteroatoms. The molecule has 1 amide bonds. The van der Waals surface area contributed by atoms with Crippen molar-refractivity contribution in [3.05, 3.63) is 60.2 Å². The molecule has 0 aliphatic carbocycles. The van der Waals surface area contributed by atoms with Crippen molar-refractivity contribution in [1.82, 2.24) is 4.31 Å². The van der Waals surface area contributed by atoms with Gasteiger partial charge in [-0.2, -0.15) is 4.31 Å². The van der Waals surface area contributed by atoms with E-state index in [-0.39, 0.29) is 17.1 Å². The second-order valence-electron chi connectivity index (χ2n) is 6.08. The molecule has 1 heterocycles. The van der Waals surface area contributed by atoms with E-state index in [1.165, 1.54) is 36.4 Å². The van der Waals surface area contributed by atoms with Gasteiger partial charge in [0.25, 0.3) is 0 Å². The summed E-state index contributed by atoms with van der Waals surface area (Å²) in [6.45, 7) is 0.195. The van der Waals surface area contributed by atoms with E-state index in [0.717, 1.165) is 16.4 Å². The third-order valence-corrected chi connectivity index (χ3v) is 6.19. The molecule has 0 radical (unpaired) electrons. The number of carbonyl (C=O) groups is 1. The summed E-state index contributed by atoms with van der Waals surface area (Å²) in [6.07, 6.45) is 1.70. The molecule has 1 N–H and O–H groups in total. The van der Waals surface area contributed by atoms with Gasteiger partial charge in [0.05, 0.1) is 4.90 Å². The summed E-state index contributed by atoms with van der Waals surface area (Å²) >= 11 is 0. The molecule has 2 aromatic rings. The Kier molecular flexibility index (Phi) is 5.33. The number of hydrogen-bond donors (Lipinski definition) is 1. The summed E-state index contributed by atoms with van der Waals surface area (Å²) in [6, 6.07) is 9.00. The molecule has 1 aliphatic rings. The average Bonchev–Trinajstić information content (AvgIpc) is 2.62. The average molecular weight is 380 g/mol. The normalized spacial score (nSPS) is 18.5. The Morgan fingerprint density at radius 1 is 1.04 bits per heavy atom. The second kappa shape index (κ2) is 7.51. The number of amides is 1. The highest BCUT2D eigenvalue weighted by molar-refractivity contribution is 7.89. The third-order valence-electron chi connectivity index (χ3n) is 4.27. The summed E-state index contributed by atoms with van der Waals surface area (Å²) in [5, 5.41) is 2.57. The molecule has 0 unspecified atom stereocenters. The summed E-state index contributed by atoms with van der Waals surface area (Å²) in [7, 11) is -3.94. The fourth-order valence-corrected chi connectivity index (χ4v) is 4.64. The van der Waals surface area contributed by atoms with E-state index < -0.39 is 33.6 Å². The molecule has 0 aromatic heterocycles. The number of rotatable bonds is 4. The minimum absolute atomic E-state index is 0.0654. The predicted molar refractivity (Wildman–Crippen MR) is 93.0 cm³/mol. The number of sulfonamides is 1. The molecule has 1 fully saturated rings. The van der Waals surface area contributed by atoms with E-state index in [1.54, 1.807) is 0 Å². The predicted octanol–water partition coefficient (Wildman–Crippen LogP) is 3.15. The summed E-state index contributed by atoms with van der Waals surface area (Å²) in [5.74, 6) is -1.55. The van der Waals surface area contributed by atoms with Gasteiger partial charge in [-0.25, -0.2) is 17.2 Å². The Hall–Kier alpha value is -2.32. The molecular formula is C18H18F2N2O3S. The van der Waals surface area contributed by atoms with Gasteiger partial charge in [0.2, 0.25) is 15.9 Å². The maximum atomic E-state index is 13.3. The molecule has 1 saturated heterocycles. The number of benzene rings is 2. The molecular weight excluding hydrogens is 362 g/mol. The van der Waals surface area contributed by atoms with Crippen LogP contribution in [0.25, 0.3) is 0 Å². The first-order chi connectivity index (χ1) is 12.4. The zero-order valence-electron chi connectivity index (χ0n) is 13.9. The van der Waals surface area contributed by atoms with Crippen molar-refractivity contribution in [3.63, 3.8) is 0 Å². The number of piperidine rings is 1. The number of anilines is 1. The lowest BCUT2D eigenvalue weighted by Crippen LogP contribution is -2.49. The lowest BCUT2D eigenvalue weighted by Gasteiger charge is -2.33. The van der Waals surface area contributed by atoms with Gasteiger partial charge in [-0.1, -0.05) is 12.5 Å². The van der Waals surface area contributed by atoms with E-state index in [2.05, 4.69) is 5.32 Å². The minimum atomic E-state index is -3.94. The lowest BCUT2D eigenvalue weighted by atomic mass is 10.0. The van der Waals surface area contributed by atoms with Crippen LogP contribution in [-0.4, -0.2) is 31.2 Å². The zero-order chi connectivity index (χ0) is 18.7. The van der Waals surface area contributed by atoms with Crippen LogP contribution in [0.4, 0.5) is 14.5 Å². The van der Waals surface area contributed by atoms with Crippen LogP contribution in [0.3, 0.4) is 0 Å². The SMILES string of the molecule is O=C(Nc1cccc(F)c1)[C@@H]1CCCCN1S(=O)(=O)c1ccc(F)cc1. The van der Waals surface area contributed by atoms with Gasteiger partial charge in [-0.05, 0) is 55.3 Å². The Balaban J connectivity index is 1.85. The number of nitrogens with zero attached hydrogens (tertiary/aromatic N) is 1. The monoisotopic (exact) mass is 380 g/mol. The van der Waals surface area contributed by atoms with Crippen LogP contribution < -0.4 is 5.32 Å². The van der Waals surface area contributed by atoms with Crippen LogP contribution in [0.5, 0.6) is 0 Å². The van der Waals surface area contributed by atoms with Gasteiger partial charge in [0.15, 0.2) is 0 Å². The summed E-state index contributed by atoms with van der Waals surface area (Å²) < 4.78 is 53.3. The Morgan fingerprint density at radius 2 is 1.77 bits per heavy atom. The highest BCUT2D eigenvalue weighted by atomic mass is 32.2. The number of halogens is 2. The lowest BCUT2D eigenvalue weighted by molar-refractivity contribution is -0.120. The fourth-order valence-electron chi connectivity index (χ4n) is 2.99. The molecule has 0 spiro atoms. The van der Waals surface area contributed by atoms with Gasteiger partial charge >= 0.3 is 0 Å². The third kappa shape index (κ3) is 3.91. The van der Waals surface area contributed by atoms with Crippen LogP contribution in [0.2, 0.25) is 0 Å². The number of nitrogens with one attached hydrogen (secondary N) is 1. The maximum absolute atomic E-state index is 13.3. The van der Waals surface area contributed by atoms with E-state index >= 15 is 0 Å². The quantitative estimate of drug-likeness (QED) is 0.886. The van der Waals surface area contributed by atoms with Crippen molar-refractivity contribution in [2.45, 2.75) is 30.2 Å². The van der Waals surface area contributed by atoms with Crippen LogP contribution in [-0.2, 0) is 14.8 Å². The molecule has 2 aromatic carbocycles. The first-order valence-electron chi connectivity index (χ1n) is 8.22. The first kappa shape index (κ1) is 18.5. The standard InChI is InChI=1S/C18H18F2N2O3S/c19-13-7-9-16(10-8-13)26(24,25)22-11-2-1-6-17(22)18(23)21-15-5-3-4-14(20)12-15/h3-5,7-10,12,17H,1-2,6,11H2,(H,21,23)/t17-/m0/s1. The topological polar surface area (TPSA) is 66.5 Å². The van der Waals surface area contributed by atoms with Crippen LogP contribution >= 0.6 is 0 Å². The van der Waals surface area contributed by atoms with Crippen molar-refractivity contribution in [3.8, 4) is 0 Å². The fraction of sp³-hybridized carbons (Fsp3) is 0.278. The zero-order valence-corrected chi connectivity index (χ0v) is 14.7. The van der Waals surface area contributed by atoms with Gasteiger partial charge in [0, 0.05) is 12.2 Å². The molecule has 1 atom stereocenters. The first-order valence-corrected chi connectivity index (χ1v) is 9.66. The Morgan fingerprint density at radius 3 is 2.46 bits per heavy atom. The molecule has 5 nitrogen and oxygen atoms in total. The van der Waals surface area contributed by atoms with Gasteiger partial charge in [-0.15, -0.1) is 0 Å². The smallest absolute Gasteiger partial charge is 0.243 e. The van der Waals surface area contributed by atoms with Crippen LogP contribution in [0, 0.1) is 11.6 Å². The molecule has 26 heavy (non-hydrogen) atoms. The van der Waals surface area contributed by atoms with Crippen molar-refractivity contribution in [1.29, 1.82) is 0 Å².